The van der Waals surface area contributed by atoms with E-state index in [1.54, 1.807) is 22.8 Å². The van der Waals surface area contributed by atoms with Crippen LogP contribution in [-0.4, -0.2) is 35.2 Å². The van der Waals surface area contributed by atoms with E-state index < -0.39 is 6.36 Å². The van der Waals surface area contributed by atoms with Crippen LogP contribution in [0.25, 0.3) is 0 Å². The summed E-state index contributed by atoms with van der Waals surface area (Å²) in [6.45, 7) is 1.01. The number of hydrogen-bond donors (Lipinski definition) is 0. The summed E-state index contributed by atoms with van der Waals surface area (Å²) in [5, 5.41) is 4.15. The zero-order valence-electron chi connectivity index (χ0n) is 15.3. The quantitative estimate of drug-likeness (QED) is 0.800. The smallest absolute Gasteiger partial charge is 0.406 e. The van der Waals surface area contributed by atoms with Crippen molar-refractivity contribution < 1.29 is 27.4 Å². The third-order valence-electron chi connectivity index (χ3n) is 5.13. The van der Waals surface area contributed by atoms with Crippen LogP contribution in [0, 0.1) is 5.92 Å². The number of rotatable bonds is 3. The minimum absolute atomic E-state index is 0.0724. The van der Waals surface area contributed by atoms with Crippen molar-refractivity contribution in [3.8, 4) is 5.75 Å². The average Bonchev–Trinajstić information content (AvgIpc) is 3.27. The number of aryl methyl sites for hydroxylation is 2. The molecule has 3 heterocycles. The molecule has 0 unspecified atom stereocenters. The van der Waals surface area contributed by atoms with E-state index in [2.05, 4.69) is 9.84 Å². The SMILES string of the molecule is Cn1cc([C@H]2OCC[C@@H]2C(=O)N2CCCc3cc(OC(F)(F)F)ccc32)cn1. The van der Waals surface area contributed by atoms with Crippen LogP contribution in [0.3, 0.4) is 0 Å². The maximum absolute atomic E-state index is 13.3. The molecular formula is C19H20F3N3O3. The highest BCUT2D eigenvalue weighted by molar-refractivity contribution is 5.96. The van der Waals surface area contributed by atoms with Gasteiger partial charge in [0.1, 0.15) is 5.75 Å². The highest BCUT2D eigenvalue weighted by atomic mass is 19.4. The van der Waals surface area contributed by atoms with Crippen molar-refractivity contribution in [2.45, 2.75) is 31.7 Å². The Hall–Kier alpha value is -2.55. The number of hydrogen-bond acceptors (Lipinski definition) is 4. The molecule has 2 aromatic rings. The summed E-state index contributed by atoms with van der Waals surface area (Å²) in [6, 6.07) is 4.15. The number of halogens is 3. The maximum atomic E-state index is 13.3. The second-order valence-electron chi connectivity index (χ2n) is 7.07. The number of amides is 1. The monoisotopic (exact) mass is 395 g/mol. The molecule has 2 aliphatic rings. The van der Waals surface area contributed by atoms with Crippen LogP contribution in [0.4, 0.5) is 18.9 Å². The van der Waals surface area contributed by atoms with Gasteiger partial charge in [-0.2, -0.15) is 5.10 Å². The largest absolute Gasteiger partial charge is 0.573 e. The maximum Gasteiger partial charge on any atom is 0.573 e. The minimum atomic E-state index is -4.74. The summed E-state index contributed by atoms with van der Waals surface area (Å²) in [7, 11) is 1.80. The van der Waals surface area contributed by atoms with Crippen LogP contribution in [-0.2, 0) is 23.0 Å². The molecular weight excluding hydrogens is 375 g/mol. The van der Waals surface area contributed by atoms with Crippen molar-refractivity contribution >= 4 is 11.6 Å². The van der Waals surface area contributed by atoms with Gasteiger partial charge < -0.3 is 14.4 Å². The minimum Gasteiger partial charge on any atom is -0.406 e. The number of aromatic nitrogens is 2. The molecule has 6 nitrogen and oxygen atoms in total. The topological polar surface area (TPSA) is 56.6 Å². The van der Waals surface area contributed by atoms with Crippen LogP contribution in [0.15, 0.2) is 30.6 Å². The first kappa shape index (κ1) is 18.8. The molecule has 0 bridgehead atoms. The van der Waals surface area contributed by atoms with Crippen molar-refractivity contribution in [2.75, 3.05) is 18.1 Å². The number of carbonyl (C=O) groups excluding carboxylic acids is 1. The van der Waals surface area contributed by atoms with E-state index in [1.165, 1.54) is 18.2 Å². The Kier molecular flexibility index (Phi) is 4.78. The lowest BCUT2D eigenvalue weighted by atomic mass is 9.93. The zero-order chi connectivity index (χ0) is 19.9. The number of carbonyl (C=O) groups is 1. The van der Waals surface area contributed by atoms with Gasteiger partial charge in [0.2, 0.25) is 5.91 Å². The van der Waals surface area contributed by atoms with Gasteiger partial charge in [0.25, 0.3) is 0 Å². The molecule has 28 heavy (non-hydrogen) atoms. The number of fused-ring (bicyclic) bond motifs is 1. The van der Waals surface area contributed by atoms with E-state index >= 15 is 0 Å². The number of nitrogens with zero attached hydrogens (tertiary/aromatic N) is 3. The summed E-state index contributed by atoms with van der Waals surface area (Å²) in [6.07, 6.45) is 0.304. The van der Waals surface area contributed by atoms with E-state index in [0.29, 0.717) is 43.7 Å². The fourth-order valence-electron chi connectivity index (χ4n) is 3.96. The van der Waals surface area contributed by atoms with Gasteiger partial charge in [-0.1, -0.05) is 0 Å². The molecule has 2 aliphatic heterocycles. The molecule has 4 rings (SSSR count). The van der Waals surface area contributed by atoms with Gasteiger partial charge >= 0.3 is 6.36 Å². The summed E-state index contributed by atoms with van der Waals surface area (Å²) >= 11 is 0. The second-order valence-corrected chi connectivity index (χ2v) is 7.07. The molecule has 0 N–H and O–H groups in total. The third kappa shape index (κ3) is 3.71. The molecule has 9 heteroatoms. The fraction of sp³-hybridized carbons (Fsp3) is 0.474. The van der Waals surface area contributed by atoms with Crippen LogP contribution < -0.4 is 9.64 Å². The first-order valence-electron chi connectivity index (χ1n) is 9.12. The molecule has 1 fully saturated rings. The Morgan fingerprint density at radius 2 is 2.18 bits per heavy atom. The molecule has 150 valence electrons. The Morgan fingerprint density at radius 3 is 2.89 bits per heavy atom. The zero-order valence-corrected chi connectivity index (χ0v) is 15.3. The van der Waals surface area contributed by atoms with Gasteiger partial charge in [-0.25, -0.2) is 0 Å². The molecule has 2 atom stereocenters. The van der Waals surface area contributed by atoms with Gasteiger partial charge in [0, 0.05) is 37.6 Å². The normalized spacial score (nSPS) is 22.2. The number of anilines is 1. The summed E-state index contributed by atoms with van der Waals surface area (Å²) < 4.78 is 48.9. The van der Waals surface area contributed by atoms with E-state index in [-0.39, 0.29) is 23.7 Å². The summed E-state index contributed by atoms with van der Waals surface area (Å²) in [4.78, 5) is 14.9. The highest BCUT2D eigenvalue weighted by Crippen LogP contribution is 2.39. The van der Waals surface area contributed by atoms with E-state index in [1.807, 2.05) is 6.20 Å². The van der Waals surface area contributed by atoms with E-state index in [0.717, 1.165) is 5.56 Å². The molecule has 0 saturated carbocycles. The van der Waals surface area contributed by atoms with Crippen molar-refractivity contribution in [1.29, 1.82) is 0 Å². The van der Waals surface area contributed by atoms with Gasteiger partial charge in [-0.15, -0.1) is 13.2 Å². The predicted octanol–water partition coefficient (Wildman–Crippen LogP) is 3.38. The lowest BCUT2D eigenvalue weighted by Crippen LogP contribution is -2.40. The lowest BCUT2D eigenvalue weighted by Gasteiger charge is -2.32. The Labute approximate surface area is 159 Å². The molecule has 0 aliphatic carbocycles. The summed E-state index contributed by atoms with van der Waals surface area (Å²) in [5.41, 5.74) is 2.17. The molecule has 0 spiro atoms. The second kappa shape index (κ2) is 7.12. The summed E-state index contributed by atoms with van der Waals surface area (Å²) in [5.74, 6) is -0.684. The standard InChI is InChI=1S/C19H20F3N3O3/c1-24-11-13(10-23-24)17-15(6-8-27-17)18(26)25-7-2-3-12-9-14(4-5-16(12)25)28-19(20,21)22/h4-5,9-11,15,17H,2-3,6-8H2,1H3/t15-,17+/m0/s1. The van der Waals surface area contributed by atoms with Crippen molar-refractivity contribution in [3.63, 3.8) is 0 Å². The van der Waals surface area contributed by atoms with Gasteiger partial charge in [0.15, 0.2) is 0 Å². The Balaban J connectivity index is 1.57. The number of alkyl halides is 3. The third-order valence-corrected chi connectivity index (χ3v) is 5.13. The predicted molar refractivity (Wildman–Crippen MR) is 93.8 cm³/mol. The molecule has 0 radical (unpaired) electrons. The first-order valence-corrected chi connectivity index (χ1v) is 9.12. The Morgan fingerprint density at radius 1 is 1.36 bits per heavy atom. The van der Waals surface area contributed by atoms with Crippen LogP contribution >= 0.6 is 0 Å². The van der Waals surface area contributed by atoms with Crippen molar-refractivity contribution in [2.24, 2.45) is 13.0 Å². The van der Waals surface area contributed by atoms with Crippen LogP contribution in [0.2, 0.25) is 0 Å². The molecule has 1 aromatic heterocycles. The Bertz CT molecular complexity index is 881. The molecule has 1 aromatic carbocycles. The van der Waals surface area contributed by atoms with Gasteiger partial charge in [0.05, 0.1) is 18.2 Å². The number of benzene rings is 1. The number of ether oxygens (including phenoxy) is 2. The van der Waals surface area contributed by atoms with Gasteiger partial charge in [-0.3, -0.25) is 9.48 Å². The van der Waals surface area contributed by atoms with Gasteiger partial charge in [-0.05, 0) is 43.0 Å². The van der Waals surface area contributed by atoms with E-state index in [4.69, 9.17) is 4.74 Å². The van der Waals surface area contributed by atoms with Crippen LogP contribution in [0.5, 0.6) is 5.75 Å². The molecule has 1 saturated heterocycles. The van der Waals surface area contributed by atoms with Crippen molar-refractivity contribution in [1.82, 2.24) is 9.78 Å². The van der Waals surface area contributed by atoms with Crippen LogP contribution in [0.1, 0.15) is 30.1 Å². The highest BCUT2D eigenvalue weighted by Gasteiger charge is 2.40. The lowest BCUT2D eigenvalue weighted by molar-refractivity contribution is -0.274. The first-order chi connectivity index (χ1) is 13.3. The van der Waals surface area contributed by atoms with Crippen molar-refractivity contribution in [3.05, 3.63) is 41.7 Å². The fourth-order valence-corrected chi connectivity index (χ4v) is 3.96. The van der Waals surface area contributed by atoms with E-state index in [9.17, 15) is 18.0 Å². The average molecular weight is 395 g/mol. The molecule has 1 amide bonds.